The first-order chi connectivity index (χ1) is 20.4. The second kappa shape index (κ2) is 16.2. The predicted molar refractivity (Wildman–Crippen MR) is 200 cm³/mol. The van der Waals surface area contributed by atoms with E-state index in [1.54, 1.807) is 0 Å². The third-order valence-electron chi connectivity index (χ3n) is 8.43. The fourth-order valence-corrected chi connectivity index (χ4v) is 5.84. The molecule has 0 heterocycles. The zero-order chi connectivity index (χ0) is 31.5. The van der Waals surface area contributed by atoms with Gasteiger partial charge in [0.2, 0.25) is 0 Å². The van der Waals surface area contributed by atoms with Gasteiger partial charge in [-0.05, 0) is 47.4 Å². The van der Waals surface area contributed by atoms with E-state index in [-0.39, 0.29) is 20.3 Å². The molecule has 2 heteroatoms. The SMILES string of the molecule is CC(C)c1cc2c(-c3ccc(C(C)(C)C)cc3)cccc2[cH-]1.Cc1ccc(C)c(-c2ccc(C)c3[cH-]c(C)cc23)c1.[CH3-].[CH3-].[Si]=[Zr]. The van der Waals surface area contributed by atoms with Crippen LogP contribution in [0.15, 0.2) is 97.1 Å². The molecule has 0 aliphatic carbocycles. The van der Waals surface area contributed by atoms with Crippen LogP contribution in [0.1, 0.15) is 73.9 Å². The molecule has 0 N–H and O–H groups in total. The van der Waals surface area contributed by atoms with Gasteiger partial charge in [-0.1, -0.05) is 120 Å². The Morgan fingerprint density at radius 2 is 1.29 bits per heavy atom. The van der Waals surface area contributed by atoms with Crippen molar-refractivity contribution in [2.75, 3.05) is 0 Å². The zero-order valence-electron chi connectivity index (χ0n) is 29.3. The molecule has 0 saturated carbocycles. The van der Waals surface area contributed by atoms with Gasteiger partial charge >= 0.3 is 30.2 Å². The Hall–Kier alpha value is -2.80. The van der Waals surface area contributed by atoms with Crippen molar-refractivity contribution in [2.45, 2.75) is 73.6 Å². The molecule has 0 unspecified atom stereocenters. The maximum atomic E-state index is 3.06. The van der Waals surface area contributed by atoms with Gasteiger partial charge in [0.05, 0.1) is 0 Å². The molecule has 0 bridgehead atoms. The zero-order valence-corrected chi connectivity index (χ0v) is 32.8. The molecule has 0 amide bonds. The summed E-state index contributed by atoms with van der Waals surface area (Å²) >= 11 is 1.36. The van der Waals surface area contributed by atoms with Crippen molar-refractivity contribution in [3.05, 3.63) is 145 Å². The Morgan fingerprint density at radius 3 is 1.91 bits per heavy atom. The van der Waals surface area contributed by atoms with Crippen LogP contribution in [0.5, 0.6) is 0 Å². The molecule has 0 spiro atoms. The summed E-state index contributed by atoms with van der Waals surface area (Å²) in [5.41, 5.74) is 13.7. The Kier molecular flexibility index (Phi) is 13.8. The number of benzene rings is 4. The monoisotopic (exact) mass is 684 g/mol. The predicted octanol–water partition coefficient (Wildman–Crippen LogP) is 12.6. The number of fused-ring (bicyclic) bond motifs is 2. The minimum atomic E-state index is 0. The second-order valence-corrected chi connectivity index (χ2v) is 13.2. The van der Waals surface area contributed by atoms with Gasteiger partial charge < -0.3 is 14.9 Å². The fourth-order valence-electron chi connectivity index (χ4n) is 5.84. The molecule has 0 aliphatic heterocycles. The van der Waals surface area contributed by atoms with Gasteiger partial charge in [0.1, 0.15) is 0 Å². The number of aryl methyl sites for hydroxylation is 4. The summed E-state index contributed by atoms with van der Waals surface area (Å²) in [7, 11) is 0. The van der Waals surface area contributed by atoms with Crippen LogP contribution < -0.4 is 0 Å². The van der Waals surface area contributed by atoms with Crippen molar-refractivity contribution in [3.8, 4) is 22.3 Å². The Balaban J connectivity index is 0.000000287. The molecule has 6 rings (SSSR count). The van der Waals surface area contributed by atoms with E-state index in [0.717, 1.165) is 0 Å². The summed E-state index contributed by atoms with van der Waals surface area (Å²) in [6.07, 6.45) is 0. The molecule has 45 heavy (non-hydrogen) atoms. The summed E-state index contributed by atoms with van der Waals surface area (Å²) < 4.78 is 0. The van der Waals surface area contributed by atoms with Crippen molar-refractivity contribution in [2.24, 2.45) is 0 Å². The molecule has 234 valence electrons. The first-order valence-corrected chi connectivity index (χ1v) is 19.4. The third-order valence-corrected chi connectivity index (χ3v) is 8.43. The second-order valence-electron chi connectivity index (χ2n) is 13.2. The van der Waals surface area contributed by atoms with E-state index in [4.69, 9.17) is 0 Å². The van der Waals surface area contributed by atoms with Crippen LogP contribution in [0.25, 0.3) is 43.8 Å². The van der Waals surface area contributed by atoms with Gasteiger partial charge in [-0.3, -0.25) is 0 Å². The van der Waals surface area contributed by atoms with E-state index in [9.17, 15) is 0 Å². The van der Waals surface area contributed by atoms with Gasteiger partial charge in [0.15, 0.2) is 0 Å². The summed E-state index contributed by atoms with van der Waals surface area (Å²) in [5, 5.41) is 5.48. The molecule has 6 aromatic carbocycles. The molecule has 2 radical (unpaired) electrons. The topological polar surface area (TPSA) is 0 Å². The van der Waals surface area contributed by atoms with Crippen molar-refractivity contribution in [1.82, 2.24) is 0 Å². The summed E-state index contributed by atoms with van der Waals surface area (Å²) in [5.74, 6) is 0.573. The van der Waals surface area contributed by atoms with Crippen LogP contribution in [0.3, 0.4) is 0 Å². The van der Waals surface area contributed by atoms with E-state index in [0.29, 0.717) is 5.92 Å². The Morgan fingerprint density at radius 1 is 0.644 bits per heavy atom. The molecule has 0 fully saturated rings. The molecule has 0 nitrogen and oxygen atoms in total. The molecular weight excluding hydrogens is 636 g/mol. The molecule has 6 aromatic rings. The molecule has 0 aliphatic rings. The van der Waals surface area contributed by atoms with Gasteiger partial charge in [0, 0.05) is 0 Å². The van der Waals surface area contributed by atoms with Crippen LogP contribution in [-0.4, -0.2) is 6.88 Å². The van der Waals surface area contributed by atoms with Gasteiger partial charge in [-0.2, -0.15) is 12.1 Å². The molecule has 0 aromatic heterocycles. The van der Waals surface area contributed by atoms with Crippen LogP contribution in [0, 0.1) is 42.5 Å². The standard InChI is InChI=1S/C22H25.C19H19.2CH3.Si.Zr/c1-15(2)18-13-17-7-6-8-20(21(17)14-18)16-9-11-19(12-10-16)22(3,4)5;1-12-5-6-14(3)17(9-12)16-8-7-15(4)18-10-13(2)11-19(16)18;;;;/h6-15H,1-5H3;5-11H,1-4H3;2*1H3;;/q4*-1;;. The van der Waals surface area contributed by atoms with Crippen LogP contribution >= 0.6 is 0 Å². The molecule has 0 saturated heterocycles. The fraction of sp³-hybridized carbons (Fsp3) is 0.256. The van der Waals surface area contributed by atoms with Crippen LogP contribution in [0.2, 0.25) is 0 Å². The van der Waals surface area contributed by atoms with Gasteiger partial charge in [-0.15, -0.1) is 68.6 Å². The van der Waals surface area contributed by atoms with E-state index >= 15 is 0 Å². The minimum absolute atomic E-state index is 0. The average Bonchev–Trinajstić information content (AvgIpc) is 3.60. The van der Waals surface area contributed by atoms with Crippen LogP contribution in [0.4, 0.5) is 0 Å². The van der Waals surface area contributed by atoms with Gasteiger partial charge in [-0.25, -0.2) is 0 Å². The van der Waals surface area contributed by atoms with Crippen molar-refractivity contribution in [3.63, 3.8) is 0 Å². The summed E-state index contributed by atoms with van der Waals surface area (Å²) in [6.45, 7) is 23.1. The number of hydrogen-bond acceptors (Lipinski definition) is 0. The maximum absolute atomic E-state index is 3.06. The normalized spacial score (nSPS) is 10.8. The van der Waals surface area contributed by atoms with Crippen molar-refractivity contribution >= 4 is 28.4 Å². The number of rotatable bonds is 3. The molecule has 0 atom stereocenters. The van der Waals surface area contributed by atoms with E-state index in [1.165, 1.54) is 101 Å². The average molecular weight is 686 g/mol. The van der Waals surface area contributed by atoms with Crippen LogP contribution in [-0.2, 0) is 28.8 Å². The van der Waals surface area contributed by atoms with E-state index in [2.05, 4.69) is 166 Å². The summed E-state index contributed by atoms with van der Waals surface area (Å²) in [4.78, 5) is 0. The Labute approximate surface area is 291 Å². The van der Waals surface area contributed by atoms with Crippen molar-refractivity contribution < 1.29 is 23.3 Å². The van der Waals surface area contributed by atoms with E-state index < -0.39 is 0 Å². The van der Waals surface area contributed by atoms with Gasteiger partial charge in [0.25, 0.3) is 0 Å². The Bertz CT molecular complexity index is 1840. The quantitative estimate of drug-likeness (QED) is 0.128. The van der Waals surface area contributed by atoms with E-state index in [1.807, 2.05) is 0 Å². The summed E-state index contributed by atoms with van der Waals surface area (Å²) in [6, 6.07) is 36.1. The third kappa shape index (κ3) is 8.72. The molecular formula is C43H50SiZr-4. The number of hydrogen-bond donors (Lipinski definition) is 0. The first-order valence-electron chi connectivity index (χ1n) is 15.2. The van der Waals surface area contributed by atoms with Crippen molar-refractivity contribution in [1.29, 1.82) is 0 Å². The first kappa shape index (κ1) is 38.4.